The molecule has 2 aliphatic heterocycles. The molecule has 0 unspecified atom stereocenters. The van der Waals surface area contributed by atoms with Crippen molar-refractivity contribution in [2.24, 2.45) is 0 Å². The van der Waals surface area contributed by atoms with E-state index in [0.717, 1.165) is 42.1 Å². The normalized spacial score (nSPS) is 16.1. The molecule has 2 aliphatic rings. The number of nitrogens with zero attached hydrogens (tertiary/aromatic N) is 3. The minimum absolute atomic E-state index is 0.0834. The van der Waals surface area contributed by atoms with Crippen LogP contribution in [0, 0.1) is 6.92 Å². The molecular formula is C28H29N3O3. The summed E-state index contributed by atoms with van der Waals surface area (Å²) in [5, 5.41) is 0. The summed E-state index contributed by atoms with van der Waals surface area (Å²) in [5.41, 5.74) is 5.79. The summed E-state index contributed by atoms with van der Waals surface area (Å²) < 4.78 is 12.2. The van der Waals surface area contributed by atoms with Crippen molar-refractivity contribution in [2.75, 3.05) is 24.7 Å². The first kappa shape index (κ1) is 22.2. The summed E-state index contributed by atoms with van der Waals surface area (Å²) in [5.74, 6) is 1.70. The third kappa shape index (κ3) is 4.17. The van der Waals surface area contributed by atoms with E-state index in [0.29, 0.717) is 30.3 Å². The van der Waals surface area contributed by atoms with Crippen LogP contribution in [-0.2, 0) is 13.1 Å². The van der Waals surface area contributed by atoms with Gasteiger partial charge in [-0.15, -0.1) is 0 Å². The molecular weight excluding hydrogens is 426 g/mol. The molecule has 3 heterocycles. The number of aromatic nitrogens is 1. The summed E-state index contributed by atoms with van der Waals surface area (Å²) >= 11 is 0. The number of ketones is 1. The number of ether oxygens (including phenoxy) is 2. The van der Waals surface area contributed by atoms with Crippen molar-refractivity contribution >= 4 is 17.5 Å². The summed E-state index contributed by atoms with van der Waals surface area (Å²) in [4.78, 5) is 21.8. The van der Waals surface area contributed by atoms with E-state index in [9.17, 15) is 4.79 Å². The van der Waals surface area contributed by atoms with Gasteiger partial charge in [-0.1, -0.05) is 12.1 Å². The lowest BCUT2D eigenvalue weighted by Crippen LogP contribution is -2.32. The Hall–Kier alpha value is -3.64. The zero-order valence-corrected chi connectivity index (χ0v) is 19.9. The van der Waals surface area contributed by atoms with E-state index < -0.39 is 0 Å². The van der Waals surface area contributed by atoms with Crippen LogP contribution in [0.15, 0.2) is 60.6 Å². The minimum atomic E-state index is -0.0834. The molecule has 34 heavy (non-hydrogen) atoms. The minimum Gasteiger partial charge on any atom is -0.477 e. The SMILES string of the molecule is CCN(CC)c1ccc(/C=C2\Oc3c(cc4c(c3C)OCN(Cc3ccncc3)C4)C2=O)cc1. The van der Waals surface area contributed by atoms with Crippen molar-refractivity contribution in [1.29, 1.82) is 0 Å². The zero-order valence-electron chi connectivity index (χ0n) is 19.9. The zero-order chi connectivity index (χ0) is 23.7. The highest BCUT2D eigenvalue weighted by molar-refractivity contribution is 6.15. The van der Waals surface area contributed by atoms with Gasteiger partial charge in [0.1, 0.15) is 18.2 Å². The van der Waals surface area contributed by atoms with E-state index in [1.165, 1.54) is 11.3 Å². The average molecular weight is 456 g/mol. The van der Waals surface area contributed by atoms with Gasteiger partial charge in [0.05, 0.1) is 5.56 Å². The van der Waals surface area contributed by atoms with Crippen LogP contribution in [0.4, 0.5) is 5.69 Å². The van der Waals surface area contributed by atoms with Crippen LogP contribution in [0.3, 0.4) is 0 Å². The van der Waals surface area contributed by atoms with Gasteiger partial charge in [-0.2, -0.15) is 0 Å². The number of allylic oxidation sites excluding steroid dienone is 1. The standard InChI is InChI=1S/C28H29N3O3/c1-4-31(5-2)23-8-6-20(7-9-23)14-25-26(32)24-15-22-17-30(16-21-10-12-29-13-11-21)18-33-27(22)19(3)28(24)34-25/h6-15H,4-5,16-18H2,1-3H3/b25-14-. The van der Waals surface area contributed by atoms with Gasteiger partial charge in [0.25, 0.3) is 0 Å². The number of hydrogen-bond acceptors (Lipinski definition) is 6. The van der Waals surface area contributed by atoms with Gasteiger partial charge >= 0.3 is 0 Å². The number of benzene rings is 2. The van der Waals surface area contributed by atoms with Gasteiger partial charge in [-0.3, -0.25) is 14.7 Å². The highest BCUT2D eigenvalue weighted by Crippen LogP contribution is 2.43. The molecule has 2 aromatic carbocycles. The molecule has 0 spiro atoms. The Morgan fingerprint density at radius 3 is 2.50 bits per heavy atom. The molecule has 0 amide bonds. The van der Waals surface area contributed by atoms with Crippen LogP contribution in [-0.4, -0.2) is 35.5 Å². The van der Waals surface area contributed by atoms with E-state index in [1.807, 2.05) is 43.3 Å². The molecule has 0 atom stereocenters. The first-order chi connectivity index (χ1) is 16.6. The van der Waals surface area contributed by atoms with Crippen LogP contribution in [0.25, 0.3) is 6.08 Å². The summed E-state index contributed by atoms with van der Waals surface area (Å²) in [7, 11) is 0. The van der Waals surface area contributed by atoms with E-state index in [4.69, 9.17) is 9.47 Å². The molecule has 0 saturated carbocycles. The second-order valence-corrected chi connectivity index (χ2v) is 8.69. The van der Waals surface area contributed by atoms with E-state index >= 15 is 0 Å². The second kappa shape index (κ2) is 9.31. The molecule has 0 radical (unpaired) electrons. The molecule has 3 aromatic rings. The predicted octanol–water partition coefficient (Wildman–Crippen LogP) is 5.20. The quantitative estimate of drug-likeness (QED) is 0.476. The van der Waals surface area contributed by atoms with Crippen LogP contribution >= 0.6 is 0 Å². The molecule has 6 heteroatoms. The van der Waals surface area contributed by atoms with E-state index in [-0.39, 0.29) is 5.78 Å². The topological polar surface area (TPSA) is 54.9 Å². The summed E-state index contributed by atoms with van der Waals surface area (Å²) in [6.07, 6.45) is 5.42. The first-order valence-corrected chi connectivity index (χ1v) is 11.8. The van der Waals surface area contributed by atoms with Gasteiger partial charge in [-0.25, -0.2) is 0 Å². The fourth-order valence-corrected chi connectivity index (χ4v) is 4.67. The maximum atomic E-state index is 13.2. The monoisotopic (exact) mass is 455 g/mol. The molecule has 6 nitrogen and oxygen atoms in total. The van der Waals surface area contributed by atoms with E-state index in [1.54, 1.807) is 12.4 Å². The van der Waals surface area contributed by atoms with Gasteiger partial charge in [-0.05, 0) is 68.3 Å². The number of rotatable bonds is 6. The molecule has 1 aromatic heterocycles. The molecule has 174 valence electrons. The number of carbonyl (C=O) groups excluding carboxylic acids is 1. The molecule has 0 N–H and O–H groups in total. The second-order valence-electron chi connectivity index (χ2n) is 8.69. The molecule has 0 saturated heterocycles. The Kier molecular flexibility index (Phi) is 6.07. The number of fused-ring (bicyclic) bond motifs is 2. The van der Waals surface area contributed by atoms with Crippen LogP contribution in [0.1, 0.15) is 46.5 Å². The van der Waals surface area contributed by atoms with Gasteiger partial charge < -0.3 is 14.4 Å². The Morgan fingerprint density at radius 2 is 1.79 bits per heavy atom. The van der Waals surface area contributed by atoms with Gasteiger partial charge in [0, 0.05) is 55.4 Å². The highest BCUT2D eigenvalue weighted by atomic mass is 16.5. The Morgan fingerprint density at radius 1 is 1.06 bits per heavy atom. The Bertz CT molecular complexity index is 1230. The Labute approximate surface area is 200 Å². The average Bonchev–Trinajstić information content (AvgIpc) is 3.17. The predicted molar refractivity (Wildman–Crippen MR) is 133 cm³/mol. The third-order valence-electron chi connectivity index (χ3n) is 6.48. The molecule has 0 fully saturated rings. The first-order valence-electron chi connectivity index (χ1n) is 11.8. The van der Waals surface area contributed by atoms with E-state index in [2.05, 4.69) is 40.8 Å². The number of carbonyl (C=O) groups is 1. The largest absolute Gasteiger partial charge is 0.477 e. The van der Waals surface area contributed by atoms with Crippen molar-refractivity contribution in [3.8, 4) is 11.5 Å². The van der Waals surface area contributed by atoms with Crippen LogP contribution in [0.2, 0.25) is 0 Å². The summed E-state index contributed by atoms with van der Waals surface area (Å²) in [6, 6.07) is 14.2. The van der Waals surface area contributed by atoms with Crippen LogP contribution in [0.5, 0.6) is 11.5 Å². The number of anilines is 1. The number of hydrogen-bond donors (Lipinski definition) is 0. The molecule has 0 aliphatic carbocycles. The number of pyridine rings is 1. The fourth-order valence-electron chi connectivity index (χ4n) is 4.67. The third-order valence-corrected chi connectivity index (χ3v) is 6.48. The maximum absolute atomic E-state index is 13.2. The van der Waals surface area contributed by atoms with Crippen LogP contribution < -0.4 is 14.4 Å². The van der Waals surface area contributed by atoms with Crippen molar-refractivity contribution in [3.63, 3.8) is 0 Å². The molecule has 5 rings (SSSR count). The van der Waals surface area contributed by atoms with Crippen molar-refractivity contribution in [2.45, 2.75) is 33.9 Å². The Balaban J connectivity index is 1.37. The van der Waals surface area contributed by atoms with Gasteiger partial charge in [0.2, 0.25) is 5.78 Å². The van der Waals surface area contributed by atoms with Crippen molar-refractivity contribution in [1.82, 2.24) is 9.88 Å². The lowest BCUT2D eigenvalue weighted by atomic mass is 10.00. The smallest absolute Gasteiger partial charge is 0.231 e. The lowest BCUT2D eigenvalue weighted by molar-refractivity contribution is 0.0876. The lowest BCUT2D eigenvalue weighted by Gasteiger charge is -2.30. The van der Waals surface area contributed by atoms with Crippen molar-refractivity contribution < 1.29 is 14.3 Å². The van der Waals surface area contributed by atoms with Gasteiger partial charge in [0.15, 0.2) is 5.76 Å². The maximum Gasteiger partial charge on any atom is 0.231 e. The van der Waals surface area contributed by atoms with Crippen molar-refractivity contribution in [3.05, 3.63) is 88.4 Å². The summed E-state index contributed by atoms with van der Waals surface area (Å²) in [6.45, 7) is 10.1. The molecule has 0 bridgehead atoms. The fraction of sp³-hybridized carbons (Fsp3) is 0.286. The number of Topliss-reactive ketones (excluding diaryl/α,β-unsaturated/α-hetero) is 1. The highest BCUT2D eigenvalue weighted by Gasteiger charge is 2.33.